The molecule has 11 N–H and O–H groups in total. The Kier molecular flexibility index (Phi) is 16.7. The maximum atomic E-state index is 12.3. The minimum absolute atomic E-state index is 0.0281. The predicted octanol–water partition coefficient (Wildman–Crippen LogP) is 9.74. The van der Waals surface area contributed by atoms with Gasteiger partial charge in [-0.25, -0.2) is 14.8 Å². The molecule has 8 bridgehead atoms. The molecular weight excluding hydrogens is 911 g/mol. The number of carboxylic acid groups (broad SMARTS) is 2. The predicted molar refractivity (Wildman–Crippen MR) is 289 cm³/mol. The molecule has 0 radical (unpaired) electrons. The number of H-pyrrole nitrogens is 3. The first-order valence-corrected chi connectivity index (χ1v) is 25.4. The number of nitrogens with one attached hydrogen (secondary N) is 7. The van der Waals surface area contributed by atoms with Crippen LogP contribution in [0, 0.1) is 0 Å². The number of aromatic amines is 3. The Balaban J connectivity index is 0.000000217. The molecule has 1 aromatic carbocycles. The average Bonchev–Trinajstić information content (AvgIpc) is 4.10. The molecule has 0 saturated heterocycles. The second-order valence-electron chi connectivity index (χ2n) is 18.1. The molecule has 72 heavy (non-hydrogen) atoms. The summed E-state index contributed by atoms with van der Waals surface area (Å²) in [4.78, 5) is 70.8. The number of hydrogen-bond acceptors (Lipinski definition) is 11. The number of nitrogens with zero attached hydrogens (tertiary/aromatic N) is 3. The van der Waals surface area contributed by atoms with E-state index >= 15 is 0 Å². The summed E-state index contributed by atoms with van der Waals surface area (Å²) in [6.07, 6.45) is 7.25. The Morgan fingerprint density at radius 1 is 0.653 bits per heavy atom. The zero-order chi connectivity index (χ0) is 51.8. The number of carbonyl (C=O) groups excluding carboxylic acids is 1. The number of nitrogens with two attached hydrogens (primary N) is 1. The molecule has 0 unspecified atom stereocenters. The first kappa shape index (κ1) is 52.1. The maximum Gasteiger partial charge on any atom is 0.326 e. The molecule has 0 aliphatic carbocycles. The molecule has 8 rings (SSSR count). The number of hydrogen-bond donors (Lipinski definition) is 10. The van der Waals surface area contributed by atoms with Crippen molar-refractivity contribution in [3.8, 4) is 0 Å². The van der Waals surface area contributed by atoms with Crippen LogP contribution in [0.5, 0.6) is 0 Å². The first-order chi connectivity index (χ1) is 34.7. The topological polar surface area (TPSA) is 269 Å². The number of benzene rings is 1. The van der Waals surface area contributed by atoms with Crippen LogP contribution in [0.25, 0.3) is 44.4 Å². The third kappa shape index (κ3) is 11.1. The van der Waals surface area contributed by atoms with Gasteiger partial charge in [0.2, 0.25) is 5.95 Å². The number of rotatable bonds is 17. The lowest BCUT2D eigenvalue weighted by atomic mass is 9.97. The number of carboxylic acids is 2. The number of aryl methyl sites for hydroxylation is 4. The highest BCUT2D eigenvalue weighted by Gasteiger charge is 2.25. The highest BCUT2D eigenvalue weighted by Crippen LogP contribution is 2.39. The van der Waals surface area contributed by atoms with Gasteiger partial charge in [-0.15, -0.1) is 0 Å². The van der Waals surface area contributed by atoms with Gasteiger partial charge in [-0.2, -0.15) is 4.98 Å². The SMILES string of the molecule is CCC1=C(CC)c2cc3[nH]c(cc4[nH]c(cc5nc(cc1n2)C(CC)=C5CC)c(CC)c4CC)c(CC)c3CC.Nc1nc2c(c(=O)[nH]1)N[C@H](CNc1ccc(C(=O)N[C@@H](CCC(=O)O)C(=O)O)cc1)CN2. The van der Waals surface area contributed by atoms with E-state index in [9.17, 15) is 19.2 Å². The molecule has 17 heteroatoms. The van der Waals surface area contributed by atoms with Crippen LogP contribution < -0.4 is 32.6 Å². The van der Waals surface area contributed by atoms with Crippen LogP contribution in [-0.4, -0.2) is 83.1 Å². The van der Waals surface area contributed by atoms with Crippen molar-refractivity contribution in [1.29, 1.82) is 0 Å². The highest BCUT2D eigenvalue weighted by atomic mass is 16.4. The van der Waals surface area contributed by atoms with Crippen LogP contribution in [-0.2, 0) is 35.3 Å². The minimum atomic E-state index is -1.30. The van der Waals surface area contributed by atoms with Gasteiger partial charge in [0.1, 0.15) is 11.7 Å². The molecule has 5 aromatic rings. The summed E-state index contributed by atoms with van der Waals surface area (Å²) in [7, 11) is 0. The number of aromatic nitrogens is 6. The lowest BCUT2D eigenvalue weighted by Gasteiger charge is -2.27. The maximum absolute atomic E-state index is 12.3. The van der Waals surface area contributed by atoms with Gasteiger partial charge in [0.25, 0.3) is 11.5 Å². The van der Waals surface area contributed by atoms with Gasteiger partial charge >= 0.3 is 11.9 Å². The molecule has 7 heterocycles. The average molecular weight is 980 g/mol. The number of fused-ring (bicyclic) bond motifs is 9. The fourth-order valence-corrected chi connectivity index (χ4v) is 10.2. The molecule has 3 aliphatic rings. The Labute approximate surface area is 419 Å². The van der Waals surface area contributed by atoms with Crippen LogP contribution in [0.3, 0.4) is 0 Å². The lowest BCUT2D eigenvalue weighted by Crippen LogP contribution is -2.41. The molecule has 4 aromatic heterocycles. The van der Waals surface area contributed by atoms with Gasteiger partial charge in [-0.1, -0.05) is 55.4 Å². The lowest BCUT2D eigenvalue weighted by molar-refractivity contribution is -0.140. The van der Waals surface area contributed by atoms with Crippen LogP contribution in [0.1, 0.15) is 149 Å². The summed E-state index contributed by atoms with van der Waals surface area (Å²) in [6.45, 7) is 19.1. The second-order valence-corrected chi connectivity index (χ2v) is 18.1. The first-order valence-electron chi connectivity index (χ1n) is 25.4. The van der Waals surface area contributed by atoms with Crippen LogP contribution >= 0.6 is 0 Å². The number of anilines is 4. The fraction of sp³-hybridized carbons (Fsp3) is 0.400. The van der Waals surface area contributed by atoms with E-state index in [1.165, 1.54) is 78.7 Å². The number of aliphatic carboxylic acids is 2. The highest BCUT2D eigenvalue weighted by molar-refractivity contribution is 5.98. The largest absolute Gasteiger partial charge is 0.481 e. The monoisotopic (exact) mass is 980 g/mol. The quantitative estimate of drug-likeness (QED) is 0.0416. The van der Waals surface area contributed by atoms with E-state index in [0.717, 1.165) is 74.1 Å². The summed E-state index contributed by atoms with van der Waals surface area (Å²) < 4.78 is 0. The summed E-state index contributed by atoms with van der Waals surface area (Å²) in [6, 6.07) is 14.2. The zero-order valence-corrected chi connectivity index (χ0v) is 42.7. The molecule has 0 fully saturated rings. The zero-order valence-electron chi connectivity index (χ0n) is 42.7. The van der Waals surface area contributed by atoms with Gasteiger partial charge in [-0.3, -0.25) is 19.4 Å². The number of nitrogen functional groups attached to an aromatic ring is 1. The van der Waals surface area contributed by atoms with E-state index in [4.69, 9.17) is 25.9 Å². The summed E-state index contributed by atoms with van der Waals surface area (Å²) >= 11 is 0. The van der Waals surface area contributed by atoms with E-state index < -0.39 is 23.9 Å². The van der Waals surface area contributed by atoms with Crippen molar-refractivity contribution in [1.82, 2.24) is 35.2 Å². The molecule has 0 spiro atoms. The number of allylic oxidation sites excluding steroid dienone is 4. The molecule has 17 nitrogen and oxygen atoms in total. The third-order valence-electron chi connectivity index (χ3n) is 13.7. The van der Waals surface area contributed by atoms with Crippen molar-refractivity contribution in [3.63, 3.8) is 0 Å². The summed E-state index contributed by atoms with van der Waals surface area (Å²) in [5.41, 5.74) is 26.6. The van der Waals surface area contributed by atoms with Crippen molar-refractivity contribution in [2.24, 2.45) is 0 Å². The fourth-order valence-electron chi connectivity index (χ4n) is 10.2. The van der Waals surface area contributed by atoms with E-state index in [1.54, 1.807) is 12.1 Å². The number of carbonyl (C=O) groups is 3. The Morgan fingerprint density at radius 3 is 1.57 bits per heavy atom. The molecule has 2 atom stereocenters. The van der Waals surface area contributed by atoms with E-state index in [0.29, 0.717) is 30.3 Å². The van der Waals surface area contributed by atoms with Crippen LogP contribution in [0.15, 0.2) is 53.3 Å². The van der Waals surface area contributed by atoms with Gasteiger partial charge in [0, 0.05) is 52.8 Å². The Hall–Kier alpha value is -7.69. The van der Waals surface area contributed by atoms with Crippen molar-refractivity contribution in [2.45, 2.75) is 132 Å². The van der Waals surface area contributed by atoms with E-state index in [-0.39, 0.29) is 36.0 Å². The number of amides is 1. The van der Waals surface area contributed by atoms with E-state index in [1.807, 2.05) is 0 Å². The smallest absolute Gasteiger partial charge is 0.326 e. The van der Waals surface area contributed by atoms with Crippen LogP contribution in [0.4, 0.5) is 23.1 Å². The second kappa shape index (κ2) is 23.0. The summed E-state index contributed by atoms with van der Waals surface area (Å²) in [5, 5.41) is 29.5. The van der Waals surface area contributed by atoms with Crippen molar-refractivity contribution in [2.75, 3.05) is 34.8 Å². The van der Waals surface area contributed by atoms with Gasteiger partial charge in [0.15, 0.2) is 5.82 Å². The van der Waals surface area contributed by atoms with Crippen LogP contribution in [0.2, 0.25) is 0 Å². The van der Waals surface area contributed by atoms with Gasteiger partial charge in [-0.05, 0) is 151 Å². The molecule has 3 aliphatic heterocycles. The van der Waals surface area contributed by atoms with Gasteiger partial charge < -0.3 is 47.2 Å². The molecule has 380 valence electrons. The normalized spacial score (nSPS) is 14.4. The minimum Gasteiger partial charge on any atom is -0.481 e. The van der Waals surface area contributed by atoms with Crippen molar-refractivity contribution in [3.05, 3.63) is 109 Å². The Bertz CT molecular complexity index is 3040. The van der Waals surface area contributed by atoms with Crippen molar-refractivity contribution >= 4 is 85.3 Å². The standard InChI is InChI=1S/C36H46N4.C19H23N7O6/c1-9-21-22(10-2)30-18-32-25(13-5)26(14-6)34(39-32)20-36-28(16-8)27(15-7)35(40-36)19-33-24(12-4)23(11-3)31(38-33)17-29(21)37-30;20-19-25-15-14(17(30)26-19)23-11(8-22-15)7-21-10-3-1-9(2-4-10)16(29)24-12(18(31)32)5-6-13(27)28/h17-20,37-38H,9-16H2,1-8H3;1-4,11-12,21,23H,5-8H2,(H,24,29)(H,27,28)(H,31,32)(H4,20,22,25,26,30)/t;11-,12+/m.1/s1. The summed E-state index contributed by atoms with van der Waals surface area (Å²) in [5.74, 6) is -2.64. The van der Waals surface area contributed by atoms with Gasteiger partial charge in [0.05, 0.1) is 28.8 Å². The van der Waals surface area contributed by atoms with Crippen molar-refractivity contribution < 1.29 is 24.6 Å². The van der Waals surface area contributed by atoms with E-state index in [2.05, 4.69) is 121 Å². The molecule has 1 amide bonds. The Morgan fingerprint density at radius 2 is 1.12 bits per heavy atom. The molecule has 0 saturated carbocycles. The third-order valence-corrected chi connectivity index (χ3v) is 13.7. The molecular formula is C55H69N11O6.